The molecule has 4 nitrogen and oxygen atoms in total. The molecule has 1 aromatic carbocycles. The Kier molecular flexibility index (Phi) is 4.13. The first-order chi connectivity index (χ1) is 9.72. The number of halogens is 1. The van der Waals surface area contributed by atoms with Gasteiger partial charge in [0.1, 0.15) is 5.75 Å². The summed E-state index contributed by atoms with van der Waals surface area (Å²) in [6.07, 6.45) is 3.70. The Morgan fingerprint density at radius 2 is 2.25 bits per heavy atom. The fourth-order valence-electron chi connectivity index (χ4n) is 2.43. The molecule has 1 aromatic rings. The van der Waals surface area contributed by atoms with Crippen LogP contribution in [0.4, 0.5) is 0 Å². The molecule has 1 fully saturated rings. The van der Waals surface area contributed by atoms with Gasteiger partial charge in [0.25, 0.3) is 0 Å². The third-order valence-corrected chi connectivity index (χ3v) is 3.83. The van der Waals surface area contributed by atoms with E-state index in [9.17, 15) is 4.79 Å². The van der Waals surface area contributed by atoms with Gasteiger partial charge in [-0.1, -0.05) is 11.6 Å². The fourth-order valence-corrected chi connectivity index (χ4v) is 2.69. The van der Waals surface area contributed by atoms with E-state index in [1.54, 1.807) is 0 Å². The minimum atomic E-state index is 0.132. The van der Waals surface area contributed by atoms with Crippen molar-refractivity contribution in [3.63, 3.8) is 0 Å². The summed E-state index contributed by atoms with van der Waals surface area (Å²) in [5.41, 5.74) is 2.26. The standard InChI is InChI=1S/C15H19ClN2O2/c16-12-7-10-4-6-20-15(10)11(8-12)9-17-5-3-14(19)18-13-1-2-13/h7-8,13,17H,1-6,9H2,(H,18,19). The topological polar surface area (TPSA) is 50.4 Å². The SMILES string of the molecule is O=C(CCNCc1cc(Cl)cc2c1OCC2)NC1CC1. The predicted molar refractivity (Wildman–Crippen MR) is 78.1 cm³/mol. The second-order valence-corrected chi connectivity index (χ2v) is 5.86. The van der Waals surface area contributed by atoms with Crippen LogP contribution in [0.3, 0.4) is 0 Å². The highest BCUT2D eigenvalue weighted by atomic mass is 35.5. The number of hydrogen-bond donors (Lipinski definition) is 2. The Bertz CT molecular complexity index is 515. The first kappa shape index (κ1) is 13.7. The van der Waals surface area contributed by atoms with Gasteiger partial charge in [0.2, 0.25) is 5.91 Å². The third-order valence-electron chi connectivity index (χ3n) is 3.61. The zero-order chi connectivity index (χ0) is 13.9. The highest BCUT2D eigenvalue weighted by Gasteiger charge is 2.22. The van der Waals surface area contributed by atoms with Crippen LogP contribution in [-0.4, -0.2) is 25.1 Å². The van der Waals surface area contributed by atoms with Crippen LogP contribution in [0.25, 0.3) is 0 Å². The van der Waals surface area contributed by atoms with E-state index < -0.39 is 0 Å². The van der Waals surface area contributed by atoms with Gasteiger partial charge >= 0.3 is 0 Å². The first-order valence-electron chi connectivity index (χ1n) is 7.16. The van der Waals surface area contributed by atoms with Crippen LogP contribution in [0.2, 0.25) is 5.02 Å². The average Bonchev–Trinajstić information content (AvgIpc) is 3.09. The second-order valence-electron chi connectivity index (χ2n) is 5.42. The average molecular weight is 295 g/mol. The van der Waals surface area contributed by atoms with Gasteiger partial charge in [-0.3, -0.25) is 4.79 Å². The molecule has 0 radical (unpaired) electrons. The maximum absolute atomic E-state index is 11.5. The van der Waals surface area contributed by atoms with E-state index in [2.05, 4.69) is 10.6 Å². The largest absolute Gasteiger partial charge is 0.493 e. The molecule has 20 heavy (non-hydrogen) atoms. The molecule has 0 atom stereocenters. The van der Waals surface area contributed by atoms with Crippen molar-refractivity contribution in [3.8, 4) is 5.75 Å². The van der Waals surface area contributed by atoms with Gasteiger partial charge in [-0.2, -0.15) is 0 Å². The summed E-state index contributed by atoms with van der Waals surface area (Å²) in [4.78, 5) is 11.5. The van der Waals surface area contributed by atoms with E-state index in [1.807, 2.05) is 12.1 Å². The van der Waals surface area contributed by atoms with Crippen LogP contribution in [0.5, 0.6) is 5.75 Å². The third kappa shape index (κ3) is 3.44. The quantitative estimate of drug-likeness (QED) is 0.790. The predicted octanol–water partition coefficient (Wildman–Crippen LogP) is 2.03. The van der Waals surface area contributed by atoms with Crippen molar-refractivity contribution < 1.29 is 9.53 Å². The molecule has 1 heterocycles. The Labute approximate surface area is 123 Å². The molecule has 3 rings (SSSR count). The lowest BCUT2D eigenvalue weighted by Crippen LogP contribution is -2.29. The van der Waals surface area contributed by atoms with Gasteiger partial charge in [0.15, 0.2) is 0 Å². The Morgan fingerprint density at radius 1 is 1.40 bits per heavy atom. The van der Waals surface area contributed by atoms with Crippen LogP contribution >= 0.6 is 11.6 Å². The van der Waals surface area contributed by atoms with Crippen molar-refractivity contribution in [1.29, 1.82) is 0 Å². The Morgan fingerprint density at radius 3 is 3.05 bits per heavy atom. The van der Waals surface area contributed by atoms with Crippen LogP contribution in [0.15, 0.2) is 12.1 Å². The Balaban J connectivity index is 1.47. The van der Waals surface area contributed by atoms with Crippen LogP contribution in [0, 0.1) is 0 Å². The van der Waals surface area contributed by atoms with Gasteiger partial charge in [-0.25, -0.2) is 0 Å². The molecule has 0 spiro atoms. The molecule has 1 aliphatic carbocycles. The molecular formula is C15H19ClN2O2. The number of carbonyl (C=O) groups is 1. The number of hydrogen-bond acceptors (Lipinski definition) is 3. The number of nitrogens with one attached hydrogen (secondary N) is 2. The summed E-state index contributed by atoms with van der Waals surface area (Å²) in [6, 6.07) is 4.34. The van der Waals surface area contributed by atoms with Crippen molar-refractivity contribution >= 4 is 17.5 Å². The summed E-state index contributed by atoms with van der Waals surface area (Å²) in [5.74, 6) is 1.09. The maximum Gasteiger partial charge on any atom is 0.221 e. The molecule has 5 heteroatoms. The molecule has 0 bridgehead atoms. The van der Waals surface area contributed by atoms with Gasteiger partial charge in [-0.15, -0.1) is 0 Å². The smallest absolute Gasteiger partial charge is 0.221 e. The number of rotatable bonds is 6. The molecular weight excluding hydrogens is 276 g/mol. The van der Waals surface area contributed by atoms with E-state index in [1.165, 1.54) is 5.56 Å². The lowest BCUT2D eigenvalue weighted by atomic mass is 10.1. The summed E-state index contributed by atoms with van der Waals surface area (Å²) < 4.78 is 5.65. The fraction of sp³-hybridized carbons (Fsp3) is 0.533. The molecule has 1 aliphatic heterocycles. The minimum Gasteiger partial charge on any atom is -0.493 e. The van der Waals surface area contributed by atoms with Crippen molar-refractivity contribution in [3.05, 3.63) is 28.3 Å². The normalized spacial score (nSPS) is 16.6. The summed E-state index contributed by atoms with van der Waals surface area (Å²) >= 11 is 6.11. The van der Waals surface area contributed by atoms with E-state index >= 15 is 0 Å². The number of benzene rings is 1. The van der Waals surface area contributed by atoms with E-state index in [4.69, 9.17) is 16.3 Å². The highest BCUT2D eigenvalue weighted by molar-refractivity contribution is 6.30. The number of ether oxygens (including phenoxy) is 1. The Hall–Kier alpha value is -1.26. The lowest BCUT2D eigenvalue weighted by molar-refractivity contribution is -0.121. The zero-order valence-electron chi connectivity index (χ0n) is 11.4. The molecule has 1 amide bonds. The molecule has 0 unspecified atom stereocenters. The molecule has 2 N–H and O–H groups in total. The summed E-state index contributed by atoms with van der Waals surface area (Å²) in [6.45, 7) is 2.08. The molecule has 1 saturated carbocycles. The van der Waals surface area contributed by atoms with Crippen molar-refractivity contribution in [2.75, 3.05) is 13.2 Å². The van der Waals surface area contributed by atoms with Crippen LogP contribution in [-0.2, 0) is 17.8 Å². The van der Waals surface area contributed by atoms with E-state index in [0.29, 0.717) is 25.6 Å². The number of amides is 1. The molecule has 0 saturated heterocycles. The second kappa shape index (κ2) is 6.02. The van der Waals surface area contributed by atoms with Gasteiger partial charge in [0, 0.05) is 42.6 Å². The molecule has 108 valence electrons. The molecule has 0 aromatic heterocycles. The summed E-state index contributed by atoms with van der Waals surface area (Å²) in [7, 11) is 0. The number of fused-ring (bicyclic) bond motifs is 1. The van der Waals surface area contributed by atoms with Gasteiger partial charge < -0.3 is 15.4 Å². The lowest BCUT2D eigenvalue weighted by Gasteiger charge is -2.10. The van der Waals surface area contributed by atoms with Crippen LogP contribution < -0.4 is 15.4 Å². The van der Waals surface area contributed by atoms with Crippen molar-refractivity contribution in [2.45, 2.75) is 38.3 Å². The van der Waals surface area contributed by atoms with Crippen molar-refractivity contribution in [1.82, 2.24) is 10.6 Å². The zero-order valence-corrected chi connectivity index (χ0v) is 12.1. The van der Waals surface area contributed by atoms with Crippen LogP contribution in [0.1, 0.15) is 30.4 Å². The minimum absolute atomic E-state index is 0.132. The summed E-state index contributed by atoms with van der Waals surface area (Å²) in [5, 5.41) is 7.01. The van der Waals surface area contributed by atoms with Crippen molar-refractivity contribution in [2.24, 2.45) is 0 Å². The monoisotopic (exact) mass is 294 g/mol. The van der Waals surface area contributed by atoms with Gasteiger partial charge in [0.05, 0.1) is 6.61 Å². The van der Waals surface area contributed by atoms with E-state index in [-0.39, 0.29) is 5.91 Å². The maximum atomic E-state index is 11.5. The first-order valence-corrected chi connectivity index (χ1v) is 7.54. The molecule has 2 aliphatic rings. The highest BCUT2D eigenvalue weighted by Crippen LogP contribution is 2.32. The van der Waals surface area contributed by atoms with E-state index in [0.717, 1.165) is 42.2 Å². The van der Waals surface area contributed by atoms with Gasteiger partial charge in [-0.05, 0) is 30.5 Å². The number of carbonyl (C=O) groups excluding carboxylic acids is 1.